The van der Waals surface area contributed by atoms with Crippen LogP contribution in [0.5, 0.6) is 5.75 Å². The van der Waals surface area contributed by atoms with E-state index in [2.05, 4.69) is 15.9 Å². The van der Waals surface area contributed by atoms with E-state index in [9.17, 15) is 9.90 Å². The Morgan fingerprint density at radius 1 is 1.30 bits per heavy atom. The van der Waals surface area contributed by atoms with Crippen molar-refractivity contribution in [3.8, 4) is 5.75 Å². The summed E-state index contributed by atoms with van der Waals surface area (Å²) in [6.45, 7) is 1.91. The summed E-state index contributed by atoms with van der Waals surface area (Å²) in [4.78, 5) is 11.7. The van der Waals surface area contributed by atoms with E-state index in [1.54, 1.807) is 19.1 Å². The second-order valence-corrected chi connectivity index (χ2v) is 5.16. The Bertz CT molecular complexity index is 639. The molecule has 0 fully saturated rings. The maximum Gasteiger partial charge on any atom is 0.339 e. The van der Waals surface area contributed by atoms with Crippen molar-refractivity contribution in [3.05, 3.63) is 40.4 Å². The maximum atomic E-state index is 11.7. The standard InChI is InChI=1S/C15H15BrO4/c1-3-20-15(18)14(17)12-7-10-6-11(16)5-4-9(10)8-13(12)19-2/h4-8,14,17H,3H2,1-2H3. The number of hydrogen-bond donors (Lipinski definition) is 1. The van der Waals surface area contributed by atoms with Crippen molar-refractivity contribution in [1.82, 2.24) is 0 Å². The molecule has 0 saturated carbocycles. The molecule has 20 heavy (non-hydrogen) atoms. The third-order valence-electron chi connectivity index (χ3n) is 2.96. The van der Waals surface area contributed by atoms with Crippen LogP contribution in [0.4, 0.5) is 0 Å². The van der Waals surface area contributed by atoms with Gasteiger partial charge >= 0.3 is 5.97 Å². The van der Waals surface area contributed by atoms with E-state index in [4.69, 9.17) is 9.47 Å². The SMILES string of the molecule is CCOC(=O)C(O)c1cc2cc(Br)ccc2cc1OC. The third-order valence-corrected chi connectivity index (χ3v) is 3.45. The van der Waals surface area contributed by atoms with Crippen molar-refractivity contribution in [2.45, 2.75) is 13.0 Å². The highest BCUT2D eigenvalue weighted by Crippen LogP contribution is 2.32. The number of hydrogen-bond acceptors (Lipinski definition) is 4. The molecule has 4 nitrogen and oxygen atoms in total. The Morgan fingerprint density at radius 3 is 2.70 bits per heavy atom. The zero-order valence-corrected chi connectivity index (χ0v) is 12.8. The number of rotatable bonds is 4. The highest BCUT2D eigenvalue weighted by molar-refractivity contribution is 9.10. The molecule has 0 heterocycles. The first-order valence-electron chi connectivity index (χ1n) is 6.18. The lowest BCUT2D eigenvalue weighted by atomic mass is 10.0. The maximum absolute atomic E-state index is 11.7. The largest absolute Gasteiger partial charge is 0.496 e. The molecule has 0 saturated heterocycles. The fraction of sp³-hybridized carbons (Fsp3) is 0.267. The molecule has 0 aliphatic carbocycles. The van der Waals surface area contributed by atoms with Gasteiger partial charge < -0.3 is 14.6 Å². The normalized spacial score (nSPS) is 12.2. The van der Waals surface area contributed by atoms with Crippen LogP contribution in [0.3, 0.4) is 0 Å². The molecule has 1 unspecified atom stereocenters. The van der Waals surface area contributed by atoms with E-state index in [0.29, 0.717) is 11.3 Å². The smallest absolute Gasteiger partial charge is 0.339 e. The van der Waals surface area contributed by atoms with E-state index in [0.717, 1.165) is 15.2 Å². The van der Waals surface area contributed by atoms with Crippen molar-refractivity contribution < 1.29 is 19.4 Å². The molecule has 0 spiro atoms. The number of ether oxygens (including phenoxy) is 2. The first-order chi connectivity index (χ1) is 9.56. The van der Waals surface area contributed by atoms with Gasteiger partial charge in [0.15, 0.2) is 6.10 Å². The van der Waals surface area contributed by atoms with Gasteiger partial charge in [-0.1, -0.05) is 22.0 Å². The molecule has 0 aromatic heterocycles. The predicted octanol–water partition coefficient (Wildman–Crippen LogP) is 3.21. The zero-order valence-electron chi connectivity index (χ0n) is 11.2. The van der Waals surface area contributed by atoms with Gasteiger partial charge in [-0.3, -0.25) is 0 Å². The molecule has 0 aliphatic heterocycles. The lowest BCUT2D eigenvalue weighted by Gasteiger charge is -2.15. The van der Waals surface area contributed by atoms with Gasteiger partial charge in [0, 0.05) is 10.0 Å². The molecule has 0 aliphatic rings. The van der Waals surface area contributed by atoms with Crippen LogP contribution in [-0.4, -0.2) is 24.8 Å². The van der Waals surface area contributed by atoms with Crippen molar-refractivity contribution in [2.24, 2.45) is 0 Å². The van der Waals surface area contributed by atoms with Crippen molar-refractivity contribution in [1.29, 1.82) is 0 Å². The van der Waals surface area contributed by atoms with Crippen molar-refractivity contribution in [3.63, 3.8) is 0 Å². The number of fused-ring (bicyclic) bond motifs is 1. The van der Waals surface area contributed by atoms with Crippen LogP contribution >= 0.6 is 15.9 Å². The molecule has 2 aromatic rings. The van der Waals surface area contributed by atoms with Crippen LogP contribution in [0.1, 0.15) is 18.6 Å². The molecule has 1 N–H and O–H groups in total. The minimum Gasteiger partial charge on any atom is -0.496 e. The van der Waals surface area contributed by atoms with Gasteiger partial charge in [0.05, 0.1) is 13.7 Å². The summed E-state index contributed by atoms with van der Waals surface area (Å²) < 4.78 is 11.0. The Labute approximate surface area is 125 Å². The summed E-state index contributed by atoms with van der Waals surface area (Å²) in [7, 11) is 1.50. The summed E-state index contributed by atoms with van der Waals surface area (Å²) in [6.07, 6.45) is -1.35. The quantitative estimate of drug-likeness (QED) is 0.869. The fourth-order valence-electron chi connectivity index (χ4n) is 2.00. The van der Waals surface area contributed by atoms with Crippen LogP contribution < -0.4 is 4.74 Å². The number of carbonyl (C=O) groups excluding carboxylic acids is 1. The molecule has 2 rings (SSSR count). The summed E-state index contributed by atoms with van der Waals surface area (Å²) >= 11 is 3.40. The van der Waals surface area contributed by atoms with Gasteiger partial charge in [-0.05, 0) is 42.0 Å². The van der Waals surface area contributed by atoms with Crippen LogP contribution in [0.25, 0.3) is 10.8 Å². The Morgan fingerprint density at radius 2 is 2.05 bits per heavy atom. The highest BCUT2D eigenvalue weighted by Gasteiger charge is 2.23. The predicted molar refractivity (Wildman–Crippen MR) is 79.8 cm³/mol. The van der Waals surface area contributed by atoms with Crippen molar-refractivity contribution in [2.75, 3.05) is 13.7 Å². The van der Waals surface area contributed by atoms with Gasteiger partial charge in [-0.2, -0.15) is 0 Å². The van der Waals surface area contributed by atoms with Gasteiger partial charge in [-0.25, -0.2) is 4.79 Å². The summed E-state index contributed by atoms with van der Waals surface area (Å²) in [5, 5.41) is 12.0. The van der Waals surface area contributed by atoms with Crippen molar-refractivity contribution >= 4 is 32.7 Å². The van der Waals surface area contributed by atoms with Gasteiger partial charge in [0.2, 0.25) is 0 Å². The van der Waals surface area contributed by atoms with E-state index in [1.807, 2.05) is 18.2 Å². The van der Waals surface area contributed by atoms with E-state index in [-0.39, 0.29) is 6.61 Å². The average molecular weight is 339 g/mol. The topological polar surface area (TPSA) is 55.8 Å². The van der Waals surface area contributed by atoms with Gasteiger partial charge in [0.1, 0.15) is 5.75 Å². The highest BCUT2D eigenvalue weighted by atomic mass is 79.9. The first-order valence-corrected chi connectivity index (χ1v) is 6.98. The number of benzene rings is 2. The minimum atomic E-state index is -1.35. The number of halogens is 1. The number of esters is 1. The molecule has 0 amide bonds. The van der Waals surface area contributed by atoms with E-state index >= 15 is 0 Å². The number of aliphatic hydroxyl groups is 1. The lowest BCUT2D eigenvalue weighted by Crippen LogP contribution is -2.16. The summed E-state index contributed by atoms with van der Waals surface area (Å²) in [6, 6.07) is 9.29. The van der Waals surface area contributed by atoms with Crippen LogP contribution in [-0.2, 0) is 9.53 Å². The minimum absolute atomic E-state index is 0.220. The van der Waals surface area contributed by atoms with Crippen LogP contribution in [0, 0.1) is 0 Å². The first kappa shape index (κ1) is 14.8. The lowest BCUT2D eigenvalue weighted by molar-refractivity contribution is -0.153. The Kier molecular flexibility index (Phi) is 4.62. The van der Waals surface area contributed by atoms with Crippen LogP contribution in [0.15, 0.2) is 34.8 Å². The average Bonchev–Trinajstić information content (AvgIpc) is 2.45. The molecule has 2 aromatic carbocycles. The van der Waals surface area contributed by atoms with Gasteiger partial charge in [0.25, 0.3) is 0 Å². The van der Waals surface area contributed by atoms with E-state index < -0.39 is 12.1 Å². The number of carbonyl (C=O) groups is 1. The third kappa shape index (κ3) is 2.94. The second kappa shape index (κ2) is 6.24. The van der Waals surface area contributed by atoms with Gasteiger partial charge in [-0.15, -0.1) is 0 Å². The summed E-state index contributed by atoms with van der Waals surface area (Å²) in [5.41, 5.74) is 0.400. The second-order valence-electron chi connectivity index (χ2n) is 4.24. The molecule has 0 radical (unpaired) electrons. The zero-order chi connectivity index (χ0) is 14.7. The monoisotopic (exact) mass is 338 g/mol. The van der Waals surface area contributed by atoms with Crippen LogP contribution in [0.2, 0.25) is 0 Å². The number of methoxy groups -OCH3 is 1. The number of aliphatic hydroxyl groups excluding tert-OH is 1. The summed E-state index contributed by atoms with van der Waals surface area (Å²) in [5.74, 6) is -0.222. The fourth-order valence-corrected chi connectivity index (χ4v) is 2.38. The Hall–Kier alpha value is -1.59. The molecule has 106 valence electrons. The van der Waals surface area contributed by atoms with E-state index in [1.165, 1.54) is 7.11 Å². The molecular formula is C15H15BrO4. The molecule has 1 atom stereocenters. The molecule has 0 bridgehead atoms. The molecular weight excluding hydrogens is 324 g/mol. The molecule has 5 heteroatoms. The Balaban J connectivity index is 2.52.